The Hall–Kier alpha value is -3.90. The van der Waals surface area contributed by atoms with Crippen LogP contribution in [0.1, 0.15) is 11.4 Å². The minimum absolute atomic E-state index is 0.0816. The van der Waals surface area contributed by atoms with Gasteiger partial charge in [-0.2, -0.15) is 20.2 Å². The molecule has 0 spiro atoms. The Bertz CT molecular complexity index is 1110. The van der Waals surface area contributed by atoms with E-state index in [1.807, 2.05) is 58.3 Å². The summed E-state index contributed by atoms with van der Waals surface area (Å²) >= 11 is 0. The maximum atomic E-state index is 9.54. The molecular formula is C22H20N6O3. The molecule has 31 heavy (non-hydrogen) atoms. The van der Waals surface area contributed by atoms with Gasteiger partial charge in [0.2, 0.25) is 24.5 Å². The number of nitriles is 1. The summed E-state index contributed by atoms with van der Waals surface area (Å²) in [5.41, 5.74) is 1.91. The number of ether oxygens (including phenoxy) is 3. The highest BCUT2D eigenvalue weighted by Crippen LogP contribution is 2.34. The van der Waals surface area contributed by atoms with E-state index in [1.54, 1.807) is 0 Å². The lowest BCUT2D eigenvalue weighted by molar-refractivity contribution is 0.122. The highest BCUT2D eigenvalue weighted by atomic mass is 16.7. The van der Waals surface area contributed by atoms with Gasteiger partial charge in [0.1, 0.15) is 6.07 Å². The zero-order valence-electron chi connectivity index (χ0n) is 16.8. The smallest absolute Gasteiger partial charge is 0.238 e. The van der Waals surface area contributed by atoms with Gasteiger partial charge in [0.25, 0.3) is 0 Å². The molecule has 9 nitrogen and oxygen atoms in total. The third kappa shape index (κ3) is 4.06. The molecule has 1 saturated heterocycles. The first-order chi connectivity index (χ1) is 15.3. The Labute approximate surface area is 179 Å². The molecule has 2 aromatic carbocycles. The Morgan fingerprint density at radius 3 is 2.58 bits per heavy atom. The van der Waals surface area contributed by atoms with Gasteiger partial charge in [-0.05, 0) is 29.8 Å². The fourth-order valence-electron chi connectivity index (χ4n) is 3.54. The molecule has 0 saturated carbocycles. The third-order valence-corrected chi connectivity index (χ3v) is 5.09. The minimum atomic E-state index is 0.0816. The molecule has 9 heteroatoms. The summed E-state index contributed by atoms with van der Waals surface area (Å²) in [6.07, 6.45) is 0. The van der Waals surface area contributed by atoms with Crippen LogP contribution in [-0.4, -0.2) is 48.0 Å². The van der Waals surface area contributed by atoms with Crippen LogP contribution in [-0.2, 0) is 11.3 Å². The van der Waals surface area contributed by atoms with E-state index in [-0.39, 0.29) is 12.6 Å². The normalized spacial score (nSPS) is 14.9. The van der Waals surface area contributed by atoms with Crippen molar-refractivity contribution in [2.45, 2.75) is 6.54 Å². The van der Waals surface area contributed by atoms with Gasteiger partial charge >= 0.3 is 0 Å². The maximum Gasteiger partial charge on any atom is 0.238 e. The van der Waals surface area contributed by atoms with E-state index < -0.39 is 0 Å². The standard InChI is InChI=1S/C22H20N6O3/c23-13-20-24-21(27-8-10-29-11-9-27)26-22(25-20)28(17-4-2-1-3-5-17)14-16-6-7-18-19(12-16)31-15-30-18/h1-7,12H,8-11,14-15H2. The highest BCUT2D eigenvalue weighted by molar-refractivity contribution is 5.59. The van der Waals surface area contributed by atoms with Crippen LogP contribution in [0.2, 0.25) is 0 Å². The first kappa shape index (κ1) is 19.1. The number of hydrogen-bond acceptors (Lipinski definition) is 9. The average Bonchev–Trinajstić information content (AvgIpc) is 3.31. The van der Waals surface area contributed by atoms with Crippen molar-refractivity contribution in [1.29, 1.82) is 5.26 Å². The van der Waals surface area contributed by atoms with Gasteiger partial charge in [0, 0.05) is 18.8 Å². The molecule has 0 aliphatic carbocycles. The van der Waals surface area contributed by atoms with E-state index in [0.717, 1.165) is 17.0 Å². The lowest BCUT2D eigenvalue weighted by Gasteiger charge is -2.28. The predicted octanol–water partition coefficient (Wildman–Crippen LogP) is 2.65. The van der Waals surface area contributed by atoms with Crippen molar-refractivity contribution in [2.75, 3.05) is 42.9 Å². The first-order valence-electron chi connectivity index (χ1n) is 10.00. The molecule has 3 aromatic rings. The summed E-state index contributed by atoms with van der Waals surface area (Å²) in [4.78, 5) is 17.4. The van der Waals surface area contributed by atoms with E-state index in [9.17, 15) is 5.26 Å². The van der Waals surface area contributed by atoms with E-state index in [2.05, 4.69) is 16.0 Å². The van der Waals surface area contributed by atoms with Gasteiger partial charge in [-0.15, -0.1) is 0 Å². The van der Waals surface area contributed by atoms with Crippen molar-refractivity contribution in [3.63, 3.8) is 0 Å². The van der Waals surface area contributed by atoms with Gasteiger partial charge in [0.05, 0.1) is 19.8 Å². The van der Waals surface area contributed by atoms with Gasteiger partial charge < -0.3 is 24.0 Å². The SMILES string of the molecule is N#Cc1nc(N2CCOCC2)nc(N(Cc2ccc3c(c2)OCO3)c2ccccc2)n1. The summed E-state index contributed by atoms with van der Waals surface area (Å²) in [6, 6.07) is 17.7. The average molecular weight is 416 g/mol. The number of anilines is 3. The lowest BCUT2D eigenvalue weighted by atomic mass is 10.1. The first-order valence-corrected chi connectivity index (χ1v) is 10.00. The molecule has 2 aliphatic rings. The van der Waals surface area contributed by atoms with Crippen molar-refractivity contribution in [1.82, 2.24) is 15.0 Å². The number of nitrogens with zero attached hydrogens (tertiary/aromatic N) is 6. The fourth-order valence-corrected chi connectivity index (χ4v) is 3.54. The number of morpholine rings is 1. The molecule has 156 valence electrons. The Morgan fingerprint density at radius 2 is 1.77 bits per heavy atom. The monoisotopic (exact) mass is 416 g/mol. The summed E-state index contributed by atoms with van der Waals surface area (Å²) in [6.45, 7) is 3.25. The van der Waals surface area contributed by atoms with Crippen LogP contribution in [0.4, 0.5) is 17.6 Å². The highest BCUT2D eigenvalue weighted by Gasteiger charge is 2.21. The molecule has 0 radical (unpaired) electrons. The molecule has 1 aromatic heterocycles. The van der Waals surface area contributed by atoms with Crippen LogP contribution in [0.15, 0.2) is 48.5 Å². The topological polar surface area (TPSA) is 96.6 Å². The number of para-hydroxylation sites is 1. The quantitative estimate of drug-likeness (QED) is 0.622. The van der Waals surface area contributed by atoms with Crippen molar-refractivity contribution >= 4 is 17.6 Å². The van der Waals surface area contributed by atoms with E-state index in [0.29, 0.717) is 50.5 Å². The summed E-state index contributed by atoms with van der Waals surface area (Å²) in [5.74, 6) is 2.43. The predicted molar refractivity (Wildman–Crippen MR) is 112 cm³/mol. The van der Waals surface area contributed by atoms with Crippen LogP contribution >= 0.6 is 0 Å². The maximum absolute atomic E-state index is 9.54. The zero-order valence-corrected chi connectivity index (χ0v) is 16.8. The molecule has 3 heterocycles. The molecule has 1 fully saturated rings. The number of benzene rings is 2. The van der Waals surface area contributed by atoms with E-state index in [1.165, 1.54) is 0 Å². The number of aromatic nitrogens is 3. The van der Waals surface area contributed by atoms with Gasteiger partial charge in [0.15, 0.2) is 11.5 Å². The van der Waals surface area contributed by atoms with Crippen molar-refractivity contribution < 1.29 is 14.2 Å². The number of hydrogen-bond donors (Lipinski definition) is 0. The van der Waals surface area contributed by atoms with Crippen LogP contribution in [0.5, 0.6) is 11.5 Å². The lowest BCUT2D eigenvalue weighted by Crippen LogP contribution is -2.38. The molecule has 0 amide bonds. The van der Waals surface area contributed by atoms with Crippen molar-refractivity contribution in [3.8, 4) is 17.6 Å². The van der Waals surface area contributed by atoms with Crippen LogP contribution in [0, 0.1) is 11.3 Å². The molecule has 0 unspecified atom stereocenters. The third-order valence-electron chi connectivity index (χ3n) is 5.09. The van der Waals surface area contributed by atoms with Crippen molar-refractivity contribution in [2.24, 2.45) is 0 Å². The van der Waals surface area contributed by atoms with Crippen LogP contribution in [0.25, 0.3) is 0 Å². The molecular weight excluding hydrogens is 396 g/mol. The largest absolute Gasteiger partial charge is 0.454 e. The van der Waals surface area contributed by atoms with Crippen LogP contribution < -0.4 is 19.3 Å². The molecule has 0 bridgehead atoms. The number of fused-ring (bicyclic) bond motifs is 1. The molecule has 0 N–H and O–H groups in total. The molecule has 0 atom stereocenters. The number of rotatable bonds is 5. The second-order valence-electron chi connectivity index (χ2n) is 7.08. The zero-order chi connectivity index (χ0) is 21.0. The van der Waals surface area contributed by atoms with Gasteiger partial charge in [-0.3, -0.25) is 0 Å². The van der Waals surface area contributed by atoms with Crippen LogP contribution in [0.3, 0.4) is 0 Å². The van der Waals surface area contributed by atoms with Crippen molar-refractivity contribution in [3.05, 3.63) is 59.9 Å². The fraction of sp³-hybridized carbons (Fsp3) is 0.273. The Balaban J connectivity index is 1.54. The van der Waals surface area contributed by atoms with E-state index in [4.69, 9.17) is 19.2 Å². The van der Waals surface area contributed by atoms with E-state index >= 15 is 0 Å². The summed E-state index contributed by atoms with van der Waals surface area (Å²) in [5, 5.41) is 9.54. The molecule has 5 rings (SSSR count). The second-order valence-corrected chi connectivity index (χ2v) is 7.08. The second kappa shape index (κ2) is 8.45. The Morgan fingerprint density at radius 1 is 0.968 bits per heavy atom. The summed E-state index contributed by atoms with van der Waals surface area (Å²) < 4.78 is 16.4. The van der Waals surface area contributed by atoms with Gasteiger partial charge in [-0.1, -0.05) is 24.3 Å². The Kier molecular flexibility index (Phi) is 5.21. The van der Waals surface area contributed by atoms with Gasteiger partial charge in [-0.25, -0.2) is 0 Å². The minimum Gasteiger partial charge on any atom is -0.454 e. The summed E-state index contributed by atoms with van der Waals surface area (Å²) in [7, 11) is 0. The molecule has 2 aliphatic heterocycles.